The van der Waals surface area contributed by atoms with Crippen LogP contribution < -0.4 is 11.3 Å². The molecule has 0 fully saturated rings. The number of hydrogen-bond donors (Lipinski definition) is 2. The molecule has 1 atom stereocenters. The lowest BCUT2D eigenvalue weighted by molar-refractivity contribution is 0.172. The zero-order valence-corrected chi connectivity index (χ0v) is 10.9. The zero-order valence-electron chi connectivity index (χ0n) is 10.1. The summed E-state index contributed by atoms with van der Waals surface area (Å²) in [6.45, 7) is 0.731. The van der Waals surface area contributed by atoms with E-state index in [1.807, 2.05) is 6.07 Å². The number of allylic oxidation sites excluding steroid dienone is 1. The first-order chi connectivity index (χ1) is 8.81. The van der Waals surface area contributed by atoms with E-state index in [1.54, 1.807) is 12.1 Å². The van der Waals surface area contributed by atoms with Gasteiger partial charge >= 0.3 is 0 Å². The molecule has 1 unspecified atom stereocenters. The molecule has 3 nitrogen and oxygen atoms in total. The standard InChI is InChI=1S/C13H17FN2OS/c14-10-5-1-2-7-13(10)18-9-11(16-15)12-6-3-4-8-17-12/h1-2,5-7,11,16H,3-4,8-9,15H2. The van der Waals surface area contributed by atoms with Crippen LogP contribution in [0.3, 0.4) is 0 Å². The van der Waals surface area contributed by atoms with Crippen molar-refractivity contribution in [3.05, 3.63) is 41.9 Å². The molecule has 5 heteroatoms. The molecule has 0 saturated heterocycles. The Balaban J connectivity index is 1.95. The monoisotopic (exact) mass is 268 g/mol. The van der Waals surface area contributed by atoms with E-state index in [0.29, 0.717) is 10.6 Å². The van der Waals surface area contributed by atoms with E-state index in [0.717, 1.165) is 25.2 Å². The Kier molecular flexibility index (Phi) is 5.04. The molecule has 98 valence electrons. The number of rotatable bonds is 5. The van der Waals surface area contributed by atoms with Crippen molar-refractivity contribution < 1.29 is 9.13 Å². The van der Waals surface area contributed by atoms with Crippen LogP contribution in [0.2, 0.25) is 0 Å². The topological polar surface area (TPSA) is 47.3 Å². The van der Waals surface area contributed by atoms with Crippen molar-refractivity contribution in [2.45, 2.75) is 23.8 Å². The molecular formula is C13H17FN2OS. The van der Waals surface area contributed by atoms with Crippen LogP contribution in [0, 0.1) is 5.82 Å². The summed E-state index contributed by atoms with van der Waals surface area (Å²) in [5.41, 5.74) is 2.72. The minimum atomic E-state index is -0.197. The predicted octanol–water partition coefficient (Wildman–Crippen LogP) is 2.44. The quantitative estimate of drug-likeness (QED) is 0.489. The second-order valence-corrected chi connectivity index (χ2v) is 5.12. The highest BCUT2D eigenvalue weighted by Gasteiger charge is 2.17. The number of nitrogens with two attached hydrogens (primary N) is 1. The van der Waals surface area contributed by atoms with Crippen LogP contribution in [0.4, 0.5) is 4.39 Å². The van der Waals surface area contributed by atoms with Gasteiger partial charge in [0.05, 0.1) is 12.6 Å². The molecule has 0 amide bonds. The minimum absolute atomic E-state index is 0.0742. The fourth-order valence-electron chi connectivity index (χ4n) is 1.77. The minimum Gasteiger partial charge on any atom is -0.497 e. The summed E-state index contributed by atoms with van der Waals surface area (Å²) in [7, 11) is 0. The van der Waals surface area contributed by atoms with Crippen LogP contribution >= 0.6 is 11.8 Å². The zero-order chi connectivity index (χ0) is 12.8. The lowest BCUT2D eigenvalue weighted by atomic mass is 10.2. The van der Waals surface area contributed by atoms with Crippen molar-refractivity contribution >= 4 is 11.8 Å². The summed E-state index contributed by atoms with van der Waals surface area (Å²) < 4.78 is 19.0. The van der Waals surface area contributed by atoms with Gasteiger partial charge in [-0.25, -0.2) is 9.82 Å². The summed E-state index contributed by atoms with van der Waals surface area (Å²) in [6, 6.07) is 6.67. The van der Waals surface area contributed by atoms with Gasteiger partial charge in [0.2, 0.25) is 0 Å². The van der Waals surface area contributed by atoms with Crippen LogP contribution in [-0.2, 0) is 4.74 Å². The Labute approximate surface area is 111 Å². The molecule has 0 aromatic heterocycles. The van der Waals surface area contributed by atoms with E-state index in [9.17, 15) is 4.39 Å². The van der Waals surface area contributed by atoms with Gasteiger partial charge in [-0.3, -0.25) is 5.84 Å². The fourth-order valence-corrected chi connectivity index (χ4v) is 2.75. The summed E-state index contributed by atoms with van der Waals surface area (Å²) >= 11 is 1.44. The highest BCUT2D eigenvalue weighted by atomic mass is 32.2. The normalized spacial score (nSPS) is 16.9. The Morgan fingerprint density at radius 1 is 1.44 bits per heavy atom. The Bertz CT molecular complexity index is 425. The summed E-state index contributed by atoms with van der Waals surface area (Å²) in [6.07, 6.45) is 4.11. The first-order valence-electron chi connectivity index (χ1n) is 5.97. The summed E-state index contributed by atoms with van der Waals surface area (Å²) in [4.78, 5) is 0.633. The number of thioether (sulfide) groups is 1. The van der Waals surface area contributed by atoms with Gasteiger partial charge in [0.15, 0.2) is 0 Å². The number of halogens is 1. The maximum Gasteiger partial charge on any atom is 0.136 e. The third kappa shape index (κ3) is 3.48. The lowest BCUT2D eigenvalue weighted by Gasteiger charge is -2.22. The first-order valence-corrected chi connectivity index (χ1v) is 6.96. The van der Waals surface area contributed by atoms with Crippen molar-refractivity contribution in [3.63, 3.8) is 0 Å². The largest absolute Gasteiger partial charge is 0.497 e. The molecule has 0 bridgehead atoms. The molecule has 18 heavy (non-hydrogen) atoms. The van der Waals surface area contributed by atoms with E-state index in [4.69, 9.17) is 10.6 Å². The number of hydrogen-bond acceptors (Lipinski definition) is 4. The number of nitrogens with one attached hydrogen (secondary N) is 1. The van der Waals surface area contributed by atoms with Crippen LogP contribution in [0.5, 0.6) is 0 Å². The SMILES string of the molecule is NNC(CSc1ccccc1F)C1=CCCCO1. The van der Waals surface area contributed by atoms with Gasteiger partial charge in [-0.1, -0.05) is 12.1 Å². The van der Waals surface area contributed by atoms with Crippen LogP contribution in [0.1, 0.15) is 12.8 Å². The van der Waals surface area contributed by atoms with Crippen molar-refractivity contribution in [1.82, 2.24) is 5.43 Å². The Morgan fingerprint density at radius 3 is 2.94 bits per heavy atom. The van der Waals surface area contributed by atoms with Crippen LogP contribution in [-0.4, -0.2) is 18.4 Å². The van der Waals surface area contributed by atoms with E-state index in [-0.39, 0.29) is 11.9 Å². The Morgan fingerprint density at radius 2 is 2.28 bits per heavy atom. The number of benzene rings is 1. The van der Waals surface area contributed by atoms with E-state index in [2.05, 4.69) is 11.5 Å². The van der Waals surface area contributed by atoms with Gasteiger partial charge in [-0.2, -0.15) is 0 Å². The van der Waals surface area contributed by atoms with Gasteiger partial charge < -0.3 is 4.74 Å². The van der Waals surface area contributed by atoms with Gasteiger partial charge in [0.1, 0.15) is 11.6 Å². The maximum atomic E-state index is 13.5. The van der Waals surface area contributed by atoms with Gasteiger partial charge in [0.25, 0.3) is 0 Å². The first kappa shape index (κ1) is 13.4. The second-order valence-electron chi connectivity index (χ2n) is 4.06. The van der Waals surface area contributed by atoms with E-state index < -0.39 is 0 Å². The molecule has 0 radical (unpaired) electrons. The second kappa shape index (κ2) is 6.78. The summed E-state index contributed by atoms with van der Waals surface area (Å²) in [5, 5.41) is 0. The highest BCUT2D eigenvalue weighted by Crippen LogP contribution is 2.24. The molecule has 1 heterocycles. The van der Waals surface area contributed by atoms with Crippen LogP contribution in [0.25, 0.3) is 0 Å². The van der Waals surface area contributed by atoms with Gasteiger partial charge in [0, 0.05) is 10.6 Å². The molecule has 3 N–H and O–H groups in total. The van der Waals surface area contributed by atoms with E-state index in [1.165, 1.54) is 17.8 Å². The average Bonchev–Trinajstić information content (AvgIpc) is 2.42. The molecule has 1 aliphatic heterocycles. The number of ether oxygens (including phenoxy) is 1. The molecule has 1 aromatic rings. The predicted molar refractivity (Wildman–Crippen MR) is 71.5 cm³/mol. The lowest BCUT2D eigenvalue weighted by Crippen LogP contribution is -2.39. The van der Waals surface area contributed by atoms with Crippen molar-refractivity contribution in [3.8, 4) is 0 Å². The highest BCUT2D eigenvalue weighted by molar-refractivity contribution is 7.99. The Hall–Kier alpha value is -1.04. The van der Waals surface area contributed by atoms with Crippen LogP contribution in [0.15, 0.2) is 41.0 Å². The molecule has 0 saturated carbocycles. The smallest absolute Gasteiger partial charge is 0.136 e. The van der Waals surface area contributed by atoms with Crippen molar-refractivity contribution in [2.24, 2.45) is 5.84 Å². The van der Waals surface area contributed by atoms with Gasteiger partial charge in [-0.15, -0.1) is 11.8 Å². The molecule has 0 spiro atoms. The average molecular weight is 268 g/mol. The molecular weight excluding hydrogens is 251 g/mol. The molecule has 0 aliphatic carbocycles. The fraction of sp³-hybridized carbons (Fsp3) is 0.385. The summed E-state index contributed by atoms with van der Waals surface area (Å²) in [5.74, 6) is 6.84. The van der Waals surface area contributed by atoms with Crippen molar-refractivity contribution in [1.29, 1.82) is 0 Å². The number of hydrazine groups is 1. The maximum absolute atomic E-state index is 13.5. The molecule has 2 rings (SSSR count). The molecule has 1 aliphatic rings. The third-order valence-corrected chi connectivity index (χ3v) is 3.89. The molecule has 1 aromatic carbocycles. The van der Waals surface area contributed by atoms with E-state index >= 15 is 0 Å². The van der Waals surface area contributed by atoms with Gasteiger partial charge in [-0.05, 0) is 31.1 Å². The third-order valence-electron chi connectivity index (χ3n) is 2.75. The van der Waals surface area contributed by atoms with Crippen molar-refractivity contribution in [2.75, 3.05) is 12.4 Å².